The van der Waals surface area contributed by atoms with Gasteiger partial charge in [-0.15, -0.1) is 0 Å². The summed E-state index contributed by atoms with van der Waals surface area (Å²) in [5.74, 6) is 0.535. The van der Waals surface area contributed by atoms with Gasteiger partial charge in [-0.3, -0.25) is 9.52 Å². The lowest BCUT2D eigenvalue weighted by Gasteiger charge is -2.20. The van der Waals surface area contributed by atoms with Crippen LogP contribution in [0.3, 0.4) is 0 Å². The highest BCUT2D eigenvalue weighted by atomic mass is 32.2. The number of carbonyl (C=O) groups excluding carboxylic acids is 1. The number of benzene rings is 3. The van der Waals surface area contributed by atoms with Crippen LogP contribution in [0.5, 0.6) is 5.75 Å². The largest absolute Gasteiger partial charge is 0.496 e. The van der Waals surface area contributed by atoms with Crippen molar-refractivity contribution in [2.24, 2.45) is 0 Å². The summed E-state index contributed by atoms with van der Waals surface area (Å²) in [6.07, 6.45) is 0.705. The summed E-state index contributed by atoms with van der Waals surface area (Å²) >= 11 is 0. The first-order valence-corrected chi connectivity index (χ1v) is 11.9. The lowest BCUT2D eigenvalue weighted by molar-refractivity contribution is 0.0935. The van der Waals surface area contributed by atoms with Gasteiger partial charge >= 0.3 is 0 Å². The van der Waals surface area contributed by atoms with Crippen LogP contribution in [0, 0.1) is 13.8 Å². The van der Waals surface area contributed by atoms with Crippen molar-refractivity contribution in [3.05, 3.63) is 89.0 Å². The van der Waals surface area contributed by atoms with Crippen molar-refractivity contribution in [1.29, 1.82) is 0 Å². The summed E-state index contributed by atoms with van der Waals surface area (Å²) in [4.78, 5) is 13.3. The third-order valence-electron chi connectivity index (χ3n) is 5.41. The van der Waals surface area contributed by atoms with Gasteiger partial charge in [0.1, 0.15) is 5.75 Å². The zero-order chi connectivity index (χ0) is 23.3. The van der Waals surface area contributed by atoms with Gasteiger partial charge in [-0.1, -0.05) is 43.3 Å². The predicted molar refractivity (Wildman–Crippen MR) is 127 cm³/mol. The first-order valence-electron chi connectivity index (χ1n) is 10.4. The Morgan fingerprint density at radius 1 is 1.00 bits per heavy atom. The molecular formula is C25H28N2O4S. The van der Waals surface area contributed by atoms with Crippen LogP contribution < -0.4 is 14.8 Å². The second-order valence-corrected chi connectivity index (χ2v) is 9.24. The number of rotatable bonds is 8. The molecule has 0 bridgehead atoms. The normalized spacial score (nSPS) is 12.1. The highest BCUT2D eigenvalue weighted by Crippen LogP contribution is 2.26. The van der Waals surface area contributed by atoms with Crippen molar-refractivity contribution in [3.63, 3.8) is 0 Å². The van der Waals surface area contributed by atoms with Crippen molar-refractivity contribution in [2.45, 2.75) is 38.1 Å². The molecule has 0 spiro atoms. The first kappa shape index (κ1) is 23.3. The minimum absolute atomic E-state index is 0.162. The molecule has 0 radical (unpaired) electrons. The third-order valence-corrected chi connectivity index (χ3v) is 6.79. The molecule has 7 heteroatoms. The molecule has 0 aliphatic carbocycles. The van der Waals surface area contributed by atoms with Gasteiger partial charge in [-0.2, -0.15) is 0 Å². The molecule has 0 aliphatic heterocycles. The van der Waals surface area contributed by atoms with Gasteiger partial charge in [0, 0.05) is 5.56 Å². The highest BCUT2D eigenvalue weighted by molar-refractivity contribution is 7.92. The standard InChI is InChI=1S/C25H28N2O4S/c1-5-22(19-14-15-24(31-4)17(2)16-19)26-25(28)21-12-9-13-23(18(21)3)27-32(29,30)20-10-7-6-8-11-20/h6-16,22,27H,5H2,1-4H3,(H,26,28)/t22-/m1/s1. The van der Waals surface area contributed by atoms with Gasteiger partial charge < -0.3 is 10.1 Å². The summed E-state index contributed by atoms with van der Waals surface area (Å²) in [7, 11) is -2.13. The third kappa shape index (κ3) is 5.11. The second kappa shape index (κ2) is 9.87. The van der Waals surface area contributed by atoms with E-state index >= 15 is 0 Å². The van der Waals surface area contributed by atoms with Crippen LogP contribution in [0.15, 0.2) is 71.6 Å². The quantitative estimate of drug-likeness (QED) is 0.504. The van der Waals surface area contributed by atoms with E-state index in [1.807, 2.05) is 32.0 Å². The van der Waals surface area contributed by atoms with Gasteiger partial charge in [-0.25, -0.2) is 8.42 Å². The summed E-state index contributed by atoms with van der Waals surface area (Å²) in [6, 6.07) is 18.8. The van der Waals surface area contributed by atoms with E-state index in [1.54, 1.807) is 50.4 Å². The molecule has 3 aromatic carbocycles. The van der Waals surface area contributed by atoms with Crippen LogP contribution in [0.25, 0.3) is 0 Å². The number of amides is 1. The summed E-state index contributed by atoms with van der Waals surface area (Å²) in [6.45, 7) is 5.70. The lowest BCUT2D eigenvalue weighted by atomic mass is 10.00. The van der Waals surface area contributed by atoms with E-state index in [9.17, 15) is 13.2 Å². The zero-order valence-corrected chi connectivity index (χ0v) is 19.5. The molecule has 2 N–H and O–H groups in total. The number of hydrogen-bond donors (Lipinski definition) is 2. The Morgan fingerprint density at radius 2 is 1.72 bits per heavy atom. The fraction of sp³-hybridized carbons (Fsp3) is 0.240. The Labute approximate surface area is 189 Å². The van der Waals surface area contributed by atoms with E-state index in [2.05, 4.69) is 10.0 Å². The van der Waals surface area contributed by atoms with Gasteiger partial charge in [0.2, 0.25) is 0 Å². The Hall–Kier alpha value is -3.32. The lowest BCUT2D eigenvalue weighted by Crippen LogP contribution is -2.29. The molecule has 0 saturated carbocycles. The minimum Gasteiger partial charge on any atom is -0.496 e. The van der Waals surface area contributed by atoms with Crippen molar-refractivity contribution in [2.75, 3.05) is 11.8 Å². The number of hydrogen-bond acceptors (Lipinski definition) is 4. The topological polar surface area (TPSA) is 84.5 Å². The predicted octanol–water partition coefficient (Wildman–Crippen LogP) is 4.99. The number of sulfonamides is 1. The van der Waals surface area contributed by atoms with E-state index in [4.69, 9.17) is 4.74 Å². The molecule has 3 rings (SSSR count). The van der Waals surface area contributed by atoms with Crippen LogP contribution in [-0.4, -0.2) is 21.4 Å². The molecule has 6 nitrogen and oxygen atoms in total. The summed E-state index contributed by atoms with van der Waals surface area (Å²) < 4.78 is 33.3. The van der Waals surface area contributed by atoms with Crippen molar-refractivity contribution < 1.29 is 17.9 Å². The number of methoxy groups -OCH3 is 1. The number of anilines is 1. The van der Waals surface area contributed by atoms with E-state index < -0.39 is 10.0 Å². The molecule has 0 fully saturated rings. The van der Waals surface area contributed by atoms with Gasteiger partial charge in [0.15, 0.2) is 0 Å². The average molecular weight is 453 g/mol. The van der Waals surface area contributed by atoms with Crippen LogP contribution >= 0.6 is 0 Å². The highest BCUT2D eigenvalue weighted by Gasteiger charge is 2.20. The van der Waals surface area contributed by atoms with Crippen LogP contribution in [-0.2, 0) is 10.0 Å². The summed E-state index contributed by atoms with van der Waals surface area (Å²) in [5.41, 5.74) is 3.32. The second-order valence-electron chi connectivity index (χ2n) is 7.56. The fourth-order valence-electron chi connectivity index (χ4n) is 3.57. The van der Waals surface area contributed by atoms with Crippen LogP contribution in [0.4, 0.5) is 5.69 Å². The van der Waals surface area contributed by atoms with E-state index in [0.717, 1.165) is 16.9 Å². The molecule has 1 atom stereocenters. The molecule has 0 saturated heterocycles. The van der Waals surface area contributed by atoms with Gasteiger partial charge in [0.25, 0.3) is 15.9 Å². The number of carbonyl (C=O) groups is 1. The molecule has 3 aromatic rings. The Kier molecular flexibility index (Phi) is 7.20. The summed E-state index contributed by atoms with van der Waals surface area (Å²) in [5, 5.41) is 3.07. The first-order chi connectivity index (χ1) is 15.3. The van der Waals surface area contributed by atoms with Gasteiger partial charge in [0.05, 0.1) is 23.7 Å². The van der Waals surface area contributed by atoms with Crippen LogP contribution in [0.2, 0.25) is 0 Å². The average Bonchev–Trinajstić information content (AvgIpc) is 2.79. The maximum Gasteiger partial charge on any atom is 0.261 e. The number of nitrogens with one attached hydrogen (secondary N) is 2. The maximum atomic E-state index is 13.1. The monoisotopic (exact) mass is 452 g/mol. The molecule has 0 heterocycles. The smallest absolute Gasteiger partial charge is 0.261 e. The molecule has 0 aromatic heterocycles. The molecule has 1 amide bonds. The fourth-order valence-corrected chi connectivity index (χ4v) is 4.71. The molecular weight excluding hydrogens is 424 g/mol. The van der Waals surface area contributed by atoms with E-state index in [1.165, 1.54) is 12.1 Å². The number of ether oxygens (including phenoxy) is 1. The van der Waals surface area contributed by atoms with E-state index in [0.29, 0.717) is 23.2 Å². The van der Waals surface area contributed by atoms with E-state index in [-0.39, 0.29) is 16.8 Å². The Morgan fingerprint density at radius 3 is 2.34 bits per heavy atom. The molecule has 168 valence electrons. The van der Waals surface area contributed by atoms with Crippen molar-refractivity contribution in [3.8, 4) is 5.75 Å². The zero-order valence-electron chi connectivity index (χ0n) is 18.7. The Balaban J connectivity index is 1.83. The van der Waals surface area contributed by atoms with Crippen molar-refractivity contribution in [1.82, 2.24) is 5.32 Å². The van der Waals surface area contributed by atoms with Gasteiger partial charge in [-0.05, 0) is 67.3 Å². The molecule has 0 aliphatic rings. The van der Waals surface area contributed by atoms with Crippen LogP contribution in [0.1, 0.15) is 46.4 Å². The SMILES string of the molecule is CC[C@@H](NC(=O)c1cccc(NS(=O)(=O)c2ccccc2)c1C)c1ccc(OC)c(C)c1. The minimum atomic E-state index is -3.75. The maximum absolute atomic E-state index is 13.1. The van der Waals surface area contributed by atoms with Crippen molar-refractivity contribution >= 4 is 21.6 Å². The number of aryl methyl sites for hydroxylation is 1. The molecule has 32 heavy (non-hydrogen) atoms. The Bertz CT molecular complexity index is 1210. The molecule has 0 unspecified atom stereocenters.